The lowest BCUT2D eigenvalue weighted by Gasteiger charge is -2.19. The average molecular weight is 339 g/mol. The lowest BCUT2D eigenvalue weighted by atomic mass is 10.1. The van der Waals surface area contributed by atoms with E-state index < -0.39 is 11.5 Å². The van der Waals surface area contributed by atoms with Crippen LogP contribution in [0.15, 0.2) is 41.2 Å². The smallest absolute Gasteiger partial charge is 0.260 e. The van der Waals surface area contributed by atoms with Gasteiger partial charge in [0.1, 0.15) is 5.56 Å². The van der Waals surface area contributed by atoms with E-state index >= 15 is 0 Å². The molecule has 1 unspecified atom stereocenters. The standard InChI is InChI=1S/C19H21N3O3/c1-12-8-9-16(18(24)20-12)19(25)21-13(2)14-5-3-6-15(11-14)22-10-4-7-17(22)23/h3,5-6,8-9,11,13H,4,7,10H2,1-2H3,(H,20,24)(H,21,25). The maximum absolute atomic E-state index is 12.4. The van der Waals surface area contributed by atoms with Crippen LogP contribution in [0.25, 0.3) is 0 Å². The van der Waals surface area contributed by atoms with Gasteiger partial charge in [-0.15, -0.1) is 0 Å². The number of anilines is 1. The molecule has 2 amide bonds. The highest BCUT2D eigenvalue weighted by Gasteiger charge is 2.22. The summed E-state index contributed by atoms with van der Waals surface area (Å²) in [7, 11) is 0. The normalized spacial score (nSPS) is 15.3. The first kappa shape index (κ1) is 17.0. The molecule has 1 saturated heterocycles. The van der Waals surface area contributed by atoms with Crippen LogP contribution in [0.4, 0.5) is 5.69 Å². The Balaban J connectivity index is 1.77. The van der Waals surface area contributed by atoms with E-state index in [0.29, 0.717) is 12.1 Å². The van der Waals surface area contributed by atoms with E-state index in [4.69, 9.17) is 0 Å². The van der Waals surface area contributed by atoms with Crippen LogP contribution in [-0.2, 0) is 4.79 Å². The van der Waals surface area contributed by atoms with E-state index in [9.17, 15) is 14.4 Å². The molecule has 0 aliphatic carbocycles. The third-order valence-electron chi connectivity index (χ3n) is 4.40. The Labute approximate surface area is 145 Å². The van der Waals surface area contributed by atoms with Gasteiger partial charge in [0.15, 0.2) is 0 Å². The fourth-order valence-electron chi connectivity index (χ4n) is 2.99. The van der Waals surface area contributed by atoms with E-state index in [0.717, 1.165) is 24.2 Å². The van der Waals surface area contributed by atoms with Crippen molar-refractivity contribution in [1.29, 1.82) is 0 Å². The highest BCUT2D eigenvalue weighted by Crippen LogP contribution is 2.24. The quantitative estimate of drug-likeness (QED) is 0.897. The Morgan fingerprint density at radius 3 is 2.72 bits per heavy atom. The second-order valence-electron chi connectivity index (χ2n) is 6.32. The molecule has 1 aromatic heterocycles. The minimum Gasteiger partial charge on any atom is -0.345 e. The Bertz CT molecular complexity index is 872. The Kier molecular flexibility index (Phi) is 4.70. The summed E-state index contributed by atoms with van der Waals surface area (Å²) >= 11 is 0. The van der Waals surface area contributed by atoms with Crippen LogP contribution >= 0.6 is 0 Å². The Morgan fingerprint density at radius 1 is 1.24 bits per heavy atom. The molecule has 0 spiro atoms. The van der Waals surface area contributed by atoms with Crippen LogP contribution in [-0.4, -0.2) is 23.3 Å². The van der Waals surface area contributed by atoms with Gasteiger partial charge >= 0.3 is 0 Å². The molecule has 0 bridgehead atoms. The van der Waals surface area contributed by atoms with Gasteiger partial charge in [-0.25, -0.2) is 0 Å². The van der Waals surface area contributed by atoms with Crippen LogP contribution in [0.1, 0.15) is 47.4 Å². The van der Waals surface area contributed by atoms with Crippen molar-refractivity contribution in [2.75, 3.05) is 11.4 Å². The molecule has 25 heavy (non-hydrogen) atoms. The van der Waals surface area contributed by atoms with Gasteiger partial charge in [0.2, 0.25) is 5.91 Å². The zero-order valence-electron chi connectivity index (χ0n) is 14.3. The highest BCUT2D eigenvalue weighted by molar-refractivity contribution is 5.95. The lowest BCUT2D eigenvalue weighted by Crippen LogP contribution is -2.32. The van der Waals surface area contributed by atoms with Crippen LogP contribution in [0.5, 0.6) is 0 Å². The van der Waals surface area contributed by atoms with Crippen molar-refractivity contribution in [1.82, 2.24) is 10.3 Å². The number of hydrogen-bond acceptors (Lipinski definition) is 3. The van der Waals surface area contributed by atoms with Gasteiger partial charge in [-0.3, -0.25) is 14.4 Å². The Hall–Kier alpha value is -2.89. The summed E-state index contributed by atoms with van der Waals surface area (Å²) in [5.41, 5.74) is 2.12. The molecule has 1 aliphatic rings. The molecule has 0 radical (unpaired) electrons. The first-order valence-electron chi connectivity index (χ1n) is 8.37. The second kappa shape index (κ2) is 6.93. The topological polar surface area (TPSA) is 82.3 Å². The summed E-state index contributed by atoms with van der Waals surface area (Å²) < 4.78 is 0. The number of benzene rings is 1. The van der Waals surface area contributed by atoms with Crippen molar-refractivity contribution in [3.63, 3.8) is 0 Å². The summed E-state index contributed by atoms with van der Waals surface area (Å²) in [6, 6.07) is 10.5. The largest absolute Gasteiger partial charge is 0.345 e. The molecule has 6 nitrogen and oxygen atoms in total. The molecule has 6 heteroatoms. The third kappa shape index (κ3) is 3.63. The fraction of sp³-hybridized carbons (Fsp3) is 0.316. The molecular weight excluding hydrogens is 318 g/mol. The highest BCUT2D eigenvalue weighted by atomic mass is 16.2. The number of aromatic amines is 1. The number of aromatic nitrogens is 1. The van der Waals surface area contributed by atoms with Gasteiger partial charge < -0.3 is 15.2 Å². The fourth-order valence-corrected chi connectivity index (χ4v) is 2.99. The number of hydrogen-bond donors (Lipinski definition) is 2. The molecule has 1 fully saturated rings. The second-order valence-corrected chi connectivity index (χ2v) is 6.32. The number of carbonyl (C=O) groups excluding carboxylic acids is 2. The number of rotatable bonds is 4. The third-order valence-corrected chi connectivity index (χ3v) is 4.40. The number of aryl methyl sites for hydroxylation is 1. The van der Waals surface area contributed by atoms with E-state index in [1.54, 1.807) is 17.9 Å². The number of amides is 2. The molecule has 1 aromatic carbocycles. The maximum Gasteiger partial charge on any atom is 0.260 e. The number of nitrogens with zero attached hydrogens (tertiary/aromatic N) is 1. The van der Waals surface area contributed by atoms with E-state index in [2.05, 4.69) is 10.3 Å². The van der Waals surface area contributed by atoms with E-state index in [1.807, 2.05) is 31.2 Å². The maximum atomic E-state index is 12.4. The molecule has 130 valence electrons. The minimum atomic E-state index is -0.420. The van der Waals surface area contributed by atoms with Gasteiger partial charge in [-0.2, -0.15) is 0 Å². The number of carbonyl (C=O) groups is 2. The predicted molar refractivity (Wildman–Crippen MR) is 95.7 cm³/mol. The Morgan fingerprint density at radius 2 is 2.04 bits per heavy atom. The van der Waals surface area contributed by atoms with Crippen LogP contribution in [0.2, 0.25) is 0 Å². The summed E-state index contributed by atoms with van der Waals surface area (Å²) in [6.45, 7) is 4.34. The van der Waals surface area contributed by atoms with Crippen LogP contribution in [0.3, 0.4) is 0 Å². The van der Waals surface area contributed by atoms with Crippen molar-refractivity contribution < 1.29 is 9.59 Å². The van der Waals surface area contributed by atoms with Crippen molar-refractivity contribution in [2.24, 2.45) is 0 Å². The number of pyridine rings is 1. The average Bonchev–Trinajstić information content (AvgIpc) is 3.01. The molecule has 2 aromatic rings. The molecule has 1 aliphatic heterocycles. The molecule has 1 atom stereocenters. The number of nitrogens with one attached hydrogen (secondary N) is 2. The SMILES string of the molecule is Cc1ccc(C(=O)NC(C)c2cccc(N3CCCC3=O)c2)c(=O)[nH]1. The minimum absolute atomic E-state index is 0.0864. The molecule has 2 heterocycles. The summed E-state index contributed by atoms with van der Waals surface area (Å²) in [4.78, 5) is 40.6. The van der Waals surface area contributed by atoms with Crippen molar-refractivity contribution in [3.05, 3.63) is 63.6 Å². The van der Waals surface area contributed by atoms with Gasteiger partial charge in [-0.1, -0.05) is 12.1 Å². The van der Waals surface area contributed by atoms with Gasteiger partial charge in [0, 0.05) is 24.3 Å². The zero-order valence-corrected chi connectivity index (χ0v) is 14.3. The lowest BCUT2D eigenvalue weighted by molar-refractivity contribution is -0.117. The van der Waals surface area contributed by atoms with E-state index in [-0.39, 0.29) is 17.5 Å². The summed E-state index contributed by atoms with van der Waals surface area (Å²) in [6.07, 6.45) is 1.44. The summed E-state index contributed by atoms with van der Waals surface area (Å²) in [5.74, 6) is -0.295. The molecule has 2 N–H and O–H groups in total. The predicted octanol–water partition coefficient (Wildman–Crippen LogP) is 2.30. The van der Waals surface area contributed by atoms with Crippen molar-refractivity contribution in [3.8, 4) is 0 Å². The van der Waals surface area contributed by atoms with Gasteiger partial charge in [0.25, 0.3) is 11.5 Å². The van der Waals surface area contributed by atoms with Gasteiger partial charge in [0.05, 0.1) is 6.04 Å². The van der Waals surface area contributed by atoms with Crippen LogP contribution in [0, 0.1) is 6.92 Å². The van der Waals surface area contributed by atoms with Gasteiger partial charge in [-0.05, 0) is 50.1 Å². The monoisotopic (exact) mass is 339 g/mol. The number of H-pyrrole nitrogens is 1. The van der Waals surface area contributed by atoms with Crippen molar-refractivity contribution in [2.45, 2.75) is 32.7 Å². The molecule has 0 saturated carbocycles. The first-order valence-corrected chi connectivity index (χ1v) is 8.37. The zero-order chi connectivity index (χ0) is 18.0. The summed E-state index contributed by atoms with van der Waals surface area (Å²) in [5, 5.41) is 2.84. The van der Waals surface area contributed by atoms with Crippen LogP contribution < -0.4 is 15.8 Å². The van der Waals surface area contributed by atoms with E-state index in [1.165, 1.54) is 6.07 Å². The molecular formula is C19H21N3O3. The molecule has 3 rings (SSSR count). The van der Waals surface area contributed by atoms with Crippen molar-refractivity contribution >= 4 is 17.5 Å². The first-order chi connectivity index (χ1) is 12.0.